The Morgan fingerprint density at radius 3 is 2.52 bits per heavy atom. The van der Waals surface area contributed by atoms with E-state index in [-0.39, 0.29) is 6.04 Å². The number of nitrogens with one attached hydrogen (secondary N) is 1. The summed E-state index contributed by atoms with van der Waals surface area (Å²) >= 11 is 0. The van der Waals surface area contributed by atoms with Gasteiger partial charge in [-0.25, -0.2) is 8.78 Å². The lowest BCUT2D eigenvalue weighted by Crippen LogP contribution is -2.18. The van der Waals surface area contributed by atoms with Gasteiger partial charge in [0.25, 0.3) is 0 Å². The fourth-order valence-electron chi connectivity index (χ4n) is 2.63. The minimum Gasteiger partial charge on any atom is -0.309 e. The Balaban J connectivity index is 2.18. The summed E-state index contributed by atoms with van der Waals surface area (Å²) in [5.74, 6) is -1.16. The lowest BCUT2D eigenvalue weighted by molar-refractivity contribution is 0.572. The van der Waals surface area contributed by atoms with Crippen molar-refractivity contribution < 1.29 is 8.78 Å². The van der Waals surface area contributed by atoms with Crippen molar-refractivity contribution >= 4 is 10.8 Å². The highest BCUT2D eigenvalue weighted by atomic mass is 19.1. The average Bonchev–Trinajstić information content (AvgIpc) is 2.47. The Bertz CT molecular complexity index is 761. The Labute approximate surface area is 121 Å². The lowest BCUT2D eigenvalue weighted by atomic mass is 9.94. The van der Waals surface area contributed by atoms with Crippen molar-refractivity contribution in [2.45, 2.75) is 6.04 Å². The van der Waals surface area contributed by atoms with Gasteiger partial charge in [-0.15, -0.1) is 0 Å². The van der Waals surface area contributed by atoms with Gasteiger partial charge in [0, 0.05) is 23.8 Å². The third-order valence-corrected chi connectivity index (χ3v) is 3.54. The first-order valence-electron chi connectivity index (χ1n) is 6.65. The summed E-state index contributed by atoms with van der Waals surface area (Å²) in [6, 6.07) is 11.0. The van der Waals surface area contributed by atoms with Gasteiger partial charge in [0.15, 0.2) is 0 Å². The van der Waals surface area contributed by atoms with Crippen molar-refractivity contribution in [2.75, 3.05) is 7.05 Å². The standard InChI is InChI=1S/C17H14F2N2/c1-20-17(12-7-13(18)9-14(19)8-12)15-4-2-3-11-5-6-21-10-16(11)15/h2-10,17,20H,1H3. The van der Waals surface area contributed by atoms with E-state index in [0.29, 0.717) is 5.56 Å². The second-order valence-corrected chi connectivity index (χ2v) is 4.87. The van der Waals surface area contributed by atoms with Gasteiger partial charge < -0.3 is 5.32 Å². The minimum atomic E-state index is -0.580. The van der Waals surface area contributed by atoms with Gasteiger partial charge in [-0.05, 0) is 41.8 Å². The van der Waals surface area contributed by atoms with Gasteiger partial charge in [-0.3, -0.25) is 4.98 Å². The van der Waals surface area contributed by atoms with Crippen LogP contribution in [0.1, 0.15) is 17.2 Å². The zero-order chi connectivity index (χ0) is 14.8. The number of nitrogens with zero attached hydrogens (tertiary/aromatic N) is 1. The van der Waals surface area contributed by atoms with Crippen LogP contribution in [0.15, 0.2) is 54.9 Å². The Morgan fingerprint density at radius 2 is 1.81 bits per heavy atom. The molecule has 0 amide bonds. The van der Waals surface area contributed by atoms with Crippen LogP contribution in [-0.4, -0.2) is 12.0 Å². The quantitative estimate of drug-likeness (QED) is 0.791. The summed E-state index contributed by atoms with van der Waals surface area (Å²) in [4.78, 5) is 4.14. The third-order valence-electron chi connectivity index (χ3n) is 3.54. The molecule has 0 fully saturated rings. The predicted octanol–water partition coefficient (Wildman–Crippen LogP) is 3.82. The van der Waals surface area contributed by atoms with Crippen molar-refractivity contribution in [3.63, 3.8) is 0 Å². The summed E-state index contributed by atoms with van der Waals surface area (Å²) < 4.78 is 26.9. The van der Waals surface area contributed by atoms with E-state index < -0.39 is 11.6 Å². The summed E-state index contributed by atoms with van der Waals surface area (Å²) in [6.07, 6.45) is 3.49. The topological polar surface area (TPSA) is 24.9 Å². The second kappa shape index (κ2) is 5.58. The molecule has 21 heavy (non-hydrogen) atoms. The molecule has 3 aromatic rings. The van der Waals surface area contributed by atoms with Crippen LogP contribution in [0.3, 0.4) is 0 Å². The molecular weight excluding hydrogens is 270 g/mol. The first-order valence-corrected chi connectivity index (χ1v) is 6.65. The second-order valence-electron chi connectivity index (χ2n) is 4.87. The Kier molecular flexibility index (Phi) is 3.62. The molecule has 0 saturated carbocycles. The molecule has 0 spiro atoms. The number of benzene rings is 2. The van der Waals surface area contributed by atoms with Gasteiger partial charge in [-0.2, -0.15) is 0 Å². The van der Waals surface area contributed by atoms with Gasteiger partial charge in [0.05, 0.1) is 6.04 Å². The van der Waals surface area contributed by atoms with Gasteiger partial charge >= 0.3 is 0 Å². The number of hydrogen-bond donors (Lipinski definition) is 1. The summed E-state index contributed by atoms with van der Waals surface area (Å²) in [5, 5.41) is 5.12. The molecule has 1 atom stereocenters. The zero-order valence-electron chi connectivity index (χ0n) is 11.5. The predicted molar refractivity (Wildman–Crippen MR) is 79.0 cm³/mol. The van der Waals surface area contributed by atoms with Crippen LogP contribution < -0.4 is 5.32 Å². The first kappa shape index (κ1) is 13.6. The molecule has 0 aliphatic carbocycles. The number of hydrogen-bond acceptors (Lipinski definition) is 2. The highest BCUT2D eigenvalue weighted by Gasteiger charge is 2.16. The minimum absolute atomic E-state index is 0.303. The van der Waals surface area contributed by atoms with Crippen LogP contribution in [0.4, 0.5) is 8.78 Å². The third kappa shape index (κ3) is 2.62. The van der Waals surface area contributed by atoms with E-state index >= 15 is 0 Å². The molecule has 4 heteroatoms. The highest BCUT2D eigenvalue weighted by Crippen LogP contribution is 2.29. The van der Waals surface area contributed by atoms with Crippen LogP contribution >= 0.6 is 0 Å². The molecule has 0 aliphatic heterocycles. The largest absolute Gasteiger partial charge is 0.309 e. The van der Waals surface area contributed by atoms with E-state index in [1.54, 1.807) is 19.4 Å². The lowest BCUT2D eigenvalue weighted by Gasteiger charge is -2.19. The maximum Gasteiger partial charge on any atom is 0.126 e. The number of rotatable bonds is 3. The highest BCUT2D eigenvalue weighted by molar-refractivity contribution is 5.85. The van der Waals surface area contributed by atoms with Crippen molar-refractivity contribution in [2.24, 2.45) is 0 Å². The van der Waals surface area contributed by atoms with Crippen molar-refractivity contribution in [3.8, 4) is 0 Å². The molecule has 2 aromatic carbocycles. The molecule has 0 aliphatic rings. The van der Waals surface area contributed by atoms with Gasteiger partial charge in [-0.1, -0.05) is 18.2 Å². The molecule has 106 valence electrons. The summed E-state index contributed by atoms with van der Waals surface area (Å²) in [7, 11) is 1.77. The molecule has 0 radical (unpaired) electrons. The van der Waals surface area contributed by atoms with Crippen LogP contribution in [0, 0.1) is 11.6 Å². The van der Waals surface area contributed by atoms with E-state index in [2.05, 4.69) is 10.3 Å². The molecule has 2 nitrogen and oxygen atoms in total. The fourth-order valence-corrected chi connectivity index (χ4v) is 2.63. The number of fused-ring (bicyclic) bond motifs is 1. The first-order chi connectivity index (χ1) is 10.2. The molecular formula is C17H14F2N2. The Hall–Kier alpha value is -2.33. The van der Waals surface area contributed by atoms with Crippen LogP contribution in [0.2, 0.25) is 0 Å². The zero-order valence-corrected chi connectivity index (χ0v) is 11.5. The maximum atomic E-state index is 13.5. The number of pyridine rings is 1. The number of halogens is 2. The van der Waals surface area contributed by atoms with E-state index in [1.807, 2.05) is 24.3 Å². The van der Waals surface area contributed by atoms with E-state index in [1.165, 1.54) is 12.1 Å². The van der Waals surface area contributed by atoms with Crippen molar-refractivity contribution in [1.82, 2.24) is 10.3 Å². The summed E-state index contributed by atoms with van der Waals surface area (Å²) in [6.45, 7) is 0. The fraction of sp³-hybridized carbons (Fsp3) is 0.118. The smallest absolute Gasteiger partial charge is 0.126 e. The van der Waals surface area contributed by atoms with E-state index in [9.17, 15) is 8.78 Å². The Morgan fingerprint density at radius 1 is 1.05 bits per heavy atom. The molecule has 1 aromatic heterocycles. The van der Waals surface area contributed by atoms with Crippen LogP contribution in [-0.2, 0) is 0 Å². The molecule has 0 bridgehead atoms. The SMILES string of the molecule is CNC(c1cc(F)cc(F)c1)c1cccc2ccncc12. The van der Waals surface area contributed by atoms with Crippen molar-refractivity contribution in [3.05, 3.63) is 77.6 Å². The van der Waals surface area contributed by atoms with Crippen LogP contribution in [0.5, 0.6) is 0 Å². The number of aromatic nitrogens is 1. The maximum absolute atomic E-state index is 13.5. The van der Waals surface area contributed by atoms with Gasteiger partial charge in [0.1, 0.15) is 11.6 Å². The monoisotopic (exact) mass is 284 g/mol. The van der Waals surface area contributed by atoms with E-state index in [0.717, 1.165) is 22.4 Å². The molecule has 3 rings (SSSR count). The average molecular weight is 284 g/mol. The molecule has 0 saturated heterocycles. The van der Waals surface area contributed by atoms with Crippen LogP contribution in [0.25, 0.3) is 10.8 Å². The van der Waals surface area contributed by atoms with Gasteiger partial charge in [0.2, 0.25) is 0 Å². The molecule has 1 unspecified atom stereocenters. The molecule has 1 heterocycles. The summed E-state index contributed by atoms with van der Waals surface area (Å²) in [5.41, 5.74) is 1.49. The molecule has 1 N–H and O–H groups in total. The van der Waals surface area contributed by atoms with Crippen molar-refractivity contribution in [1.29, 1.82) is 0 Å². The normalized spacial score (nSPS) is 12.5. The van der Waals surface area contributed by atoms with E-state index in [4.69, 9.17) is 0 Å².